The van der Waals surface area contributed by atoms with Gasteiger partial charge >= 0.3 is 0 Å². The zero-order valence-corrected chi connectivity index (χ0v) is 13.0. The Morgan fingerprint density at radius 2 is 1.90 bits per heavy atom. The molecule has 110 valence electrons. The summed E-state index contributed by atoms with van der Waals surface area (Å²) < 4.78 is 1.98. The normalized spacial score (nSPS) is 11.3. The highest BCUT2D eigenvalue weighted by molar-refractivity contribution is 6.30. The average Bonchev–Trinajstić information content (AvgIpc) is 2.83. The number of nitrogens with one attached hydrogen (secondary N) is 1. The number of hydrogen-bond acceptors (Lipinski definition) is 2. The molecular formula is C16H24ClN3. The van der Waals surface area contributed by atoms with E-state index in [9.17, 15) is 0 Å². The third-order valence-corrected chi connectivity index (χ3v) is 3.70. The third kappa shape index (κ3) is 4.80. The number of aromatic nitrogens is 2. The van der Waals surface area contributed by atoms with Crippen LogP contribution in [0.15, 0.2) is 24.5 Å². The van der Waals surface area contributed by atoms with Crippen molar-refractivity contribution in [3.63, 3.8) is 0 Å². The van der Waals surface area contributed by atoms with Crippen LogP contribution in [0.5, 0.6) is 0 Å². The van der Waals surface area contributed by atoms with Crippen molar-refractivity contribution in [3.8, 4) is 0 Å². The summed E-state index contributed by atoms with van der Waals surface area (Å²) in [5.74, 6) is 0. The summed E-state index contributed by atoms with van der Waals surface area (Å²) in [5.41, 5.74) is 2.02. The average molecular weight is 294 g/mol. The minimum absolute atomic E-state index is 0.737. The molecule has 3 nitrogen and oxygen atoms in total. The van der Waals surface area contributed by atoms with E-state index in [2.05, 4.69) is 17.2 Å². The minimum Gasteiger partial charge on any atom is -0.311 e. The van der Waals surface area contributed by atoms with E-state index in [1.807, 2.05) is 28.9 Å². The molecule has 0 fully saturated rings. The number of imidazole rings is 1. The highest BCUT2D eigenvalue weighted by atomic mass is 35.5. The van der Waals surface area contributed by atoms with Gasteiger partial charge in [0, 0.05) is 18.9 Å². The molecule has 0 unspecified atom stereocenters. The fourth-order valence-electron chi connectivity index (χ4n) is 2.35. The van der Waals surface area contributed by atoms with E-state index in [1.54, 1.807) is 0 Å². The van der Waals surface area contributed by atoms with E-state index in [1.165, 1.54) is 38.5 Å². The topological polar surface area (TPSA) is 29.3 Å². The molecule has 0 aliphatic carbocycles. The summed E-state index contributed by atoms with van der Waals surface area (Å²) in [5, 5.41) is 4.20. The molecule has 0 spiro atoms. The molecule has 0 saturated heterocycles. The third-order valence-electron chi connectivity index (χ3n) is 3.48. The first kappa shape index (κ1) is 15.3. The number of nitrogens with zero attached hydrogens (tertiary/aromatic N) is 2. The molecule has 0 atom stereocenters. The Morgan fingerprint density at radius 1 is 1.10 bits per heavy atom. The van der Waals surface area contributed by atoms with Crippen molar-refractivity contribution in [1.29, 1.82) is 0 Å². The molecule has 0 aromatic carbocycles. The zero-order chi connectivity index (χ0) is 14.2. The lowest BCUT2D eigenvalue weighted by molar-refractivity contribution is 0.570. The lowest BCUT2D eigenvalue weighted by Gasteiger charge is -2.02. The van der Waals surface area contributed by atoms with Gasteiger partial charge in [0.2, 0.25) is 0 Å². The van der Waals surface area contributed by atoms with Crippen molar-refractivity contribution in [1.82, 2.24) is 14.7 Å². The van der Waals surface area contributed by atoms with Gasteiger partial charge in [0.15, 0.2) is 0 Å². The first-order valence-electron chi connectivity index (χ1n) is 7.63. The Bertz CT molecular complexity index is 521. The number of hydrogen-bond donors (Lipinski definition) is 1. The van der Waals surface area contributed by atoms with E-state index < -0.39 is 0 Å². The van der Waals surface area contributed by atoms with Crippen LogP contribution in [0.3, 0.4) is 0 Å². The van der Waals surface area contributed by atoms with Crippen molar-refractivity contribution in [3.05, 3.63) is 35.2 Å². The standard InChI is InChI=1S/C16H24ClN3/c1-2-3-4-5-6-7-10-18-11-15-13-20-12-14(17)8-9-16(20)19-15/h8-9,12-13,18H,2-7,10-11H2,1H3. The Morgan fingerprint density at radius 3 is 2.75 bits per heavy atom. The molecule has 0 amide bonds. The van der Waals surface area contributed by atoms with Crippen LogP contribution in [0.25, 0.3) is 5.65 Å². The first-order chi connectivity index (χ1) is 9.79. The summed E-state index contributed by atoms with van der Waals surface area (Å²) in [7, 11) is 0. The molecule has 2 rings (SSSR count). The Kier molecular flexibility index (Phi) is 6.34. The largest absolute Gasteiger partial charge is 0.311 e. The van der Waals surface area contributed by atoms with Crippen molar-refractivity contribution in [2.24, 2.45) is 0 Å². The molecule has 2 aromatic heterocycles. The molecule has 0 aliphatic heterocycles. The Balaban J connectivity index is 1.65. The van der Waals surface area contributed by atoms with E-state index in [0.29, 0.717) is 0 Å². The second-order valence-corrected chi connectivity index (χ2v) is 5.73. The van der Waals surface area contributed by atoms with Crippen molar-refractivity contribution < 1.29 is 0 Å². The highest BCUT2D eigenvalue weighted by Gasteiger charge is 2.01. The van der Waals surface area contributed by atoms with Crippen LogP contribution >= 0.6 is 11.6 Å². The predicted octanol–water partition coefficient (Wildman–Crippen LogP) is 4.44. The van der Waals surface area contributed by atoms with Gasteiger partial charge in [-0.3, -0.25) is 0 Å². The number of rotatable bonds is 9. The maximum atomic E-state index is 5.96. The van der Waals surface area contributed by atoms with Gasteiger partial charge in [-0.05, 0) is 25.1 Å². The van der Waals surface area contributed by atoms with Gasteiger partial charge in [-0.25, -0.2) is 4.98 Å². The van der Waals surface area contributed by atoms with Crippen molar-refractivity contribution in [2.45, 2.75) is 52.0 Å². The van der Waals surface area contributed by atoms with Crippen LogP contribution in [0.4, 0.5) is 0 Å². The van der Waals surface area contributed by atoms with Crippen LogP contribution in [0, 0.1) is 0 Å². The van der Waals surface area contributed by atoms with Gasteiger partial charge in [-0.1, -0.05) is 50.6 Å². The fraction of sp³-hybridized carbons (Fsp3) is 0.562. The number of halogens is 1. The molecular weight excluding hydrogens is 270 g/mol. The van der Waals surface area contributed by atoms with Gasteiger partial charge in [-0.15, -0.1) is 0 Å². The molecule has 1 N–H and O–H groups in total. The van der Waals surface area contributed by atoms with Gasteiger partial charge in [-0.2, -0.15) is 0 Å². The first-order valence-corrected chi connectivity index (χ1v) is 8.01. The molecule has 0 radical (unpaired) electrons. The van der Waals surface area contributed by atoms with E-state index in [-0.39, 0.29) is 0 Å². The minimum atomic E-state index is 0.737. The smallest absolute Gasteiger partial charge is 0.137 e. The van der Waals surface area contributed by atoms with E-state index in [4.69, 9.17) is 11.6 Å². The summed E-state index contributed by atoms with van der Waals surface area (Å²) in [6.07, 6.45) is 11.9. The fourth-order valence-corrected chi connectivity index (χ4v) is 2.52. The lowest BCUT2D eigenvalue weighted by Crippen LogP contribution is -2.14. The molecule has 2 aromatic rings. The van der Waals surface area contributed by atoms with Crippen LogP contribution < -0.4 is 5.32 Å². The summed E-state index contributed by atoms with van der Waals surface area (Å²) in [4.78, 5) is 4.55. The number of pyridine rings is 1. The van der Waals surface area contributed by atoms with E-state index in [0.717, 1.165) is 29.5 Å². The van der Waals surface area contributed by atoms with Crippen molar-refractivity contribution >= 4 is 17.2 Å². The molecule has 0 bridgehead atoms. The van der Waals surface area contributed by atoms with Crippen LogP contribution in [0.1, 0.15) is 51.1 Å². The molecule has 0 aliphatic rings. The number of unbranched alkanes of at least 4 members (excludes halogenated alkanes) is 5. The predicted molar refractivity (Wildman–Crippen MR) is 85.3 cm³/mol. The van der Waals surface area contributed by atoms with Crippen molar-refractivity contribution in [2.75, 3.05) is 6.54 Å². The second-order valence-electron chi connectivity index (χ2n) is 5.29. The second kappa shape index (κ2) is 8.28. The summed E-state index contributed by atoms with van der Waals surface area (Å²) in [6, 6.07) is 3.82. The Hall–Kier alpha value is -1.06. The van der Waals surface area contributed by atoms with Crippen LogP contribution in [-0.2, 0) is 6.54 Å². The maximum absolute atomic E-state index is 5.96. The maximum Gasteiger partial charge on any atom is 0.137 e. The molecule has 20 heavy (non-hydrogen) atoms. The quantitative estimate of drug-likeness (QED) is 0.693. The van der Waals surface area contributed by atoms with Gasteiger partial charge in [0.1, 0.15) is 5.65 Å². The van der Waals surface area contributed by atoms with Gasteiger partial charge in [0.05, 0.1) is 10.7 Å². The Labute approximate surface area is 126 Å². The molecule has 2 heterocycles. The lowest BCUT2D eigenvalue weighted by atomic mass is 10.1. The van der Waals surface area contributed by atoms with Gasteiger partial charge in [0.25, 0.3) is 0 Å². The summed E-state index contributed by atoms with van der Waals surface area (Å²) >= 11 is 5.96. The van der Waals surface area contributed by atoms with Crippen LogP contribution in [0.2, 0.25) is 5.02 Å². The highest BCUT2D eigenvalue weighted by Crippen LogP contribution is 2.11. The van der Waals surface area contributed by atoms with Gasteiger partial charge < -0.3 is 9.72 Å². The number of fused-ring (bicyclic) bond motifs is 1. The summed E-state index contributed by atoms with van der Waals surface area (Å²) in [6.45, 7) is 4.15. The SMILES string of the molecule is CCCCCCCCNCc1cn2cc(Cl)ccc2n1. The zero-order valence-electron chi connectivity index (χ0n) is 12.2. The molecule has 4 heteroatoms. The van der Waals surface area contributed by atoms with Crippen LogP contribution in [-0.4, -0.2) is 15.9 Å². The monoisotopic (exact) mass is 293 g/mol. The van der Waals surface area contributed by atoms with E-state index >= 15 is 0 Å². The molecule has 0 saturated carbocycles.